The highest BCUT2D eigenvalue weighted by molar-refractivity contribution is 7.71. The largest absolute Gasteiger partial charge is 0.283 e. The molecule has 1 aromatic heterocycles. The number of hydrogen-bond donors (Lipinski definition) is 1. The van der Waals surface area contributed by atoms with Crippen molar-refractivity contribution < 1.29 is 0 Å². The van der Waals surface area contributed by atoms with Crippen molar-refractivity contribution in [3.63, 3.8) is 0 Å². The summed E-state index contributed by atoms with van der Waals surface area (Å²) in [6.45, 7) is 1.92. The number of aryl methyl sites for hydroxylation is 1. The summed E-state index contributed by atoms with van der Waals surface area (Å²) in [7, 11) is 0. The fourth-order valence-corrected chi connectivity index (χ4v) is 0.710. The van der Waals surface area contributed by atoms with Gasteiger partial charge in [0.25, 0.3) is 0 Å². The van der Waals surface area contributed by atoms with Crippen molar-refractivity contribution in [2.45, 2.75) is 6.92 Å². The van der Waals surface area contributed by atoms with Gasteiger partial charge in [0.2, 0.25) is 0 Å². The first-order valence-corrected chi connectivity index (χ1v) is 2.71. The average Bonchev–Trinajstić information content (AvgIpc) is 1.64. The van der Waals surface area contributed by atoms with Gasteiger partial charge in [-0.2, -0.15) is 5.10 Å². The average molecular weight is 126 g/mol. The van der Waals surface area contributed by atoms with E-state index in [9.17, 15) is 0 Å². The molecule has 0 spiro atoms. The molecule has 3 heteroatoms. The van der Waals surface area contributed by atoms with Crippen LogP contribution < -0.4 is 0 Å². The van der Waals surface area contributed by atoms with Crippen LogP contribution in [0.1, 0.15) is 5.69 Å². The number of nitrogens with one attached hydrogen (secondary N) is 1. The Morgan fingerprint density at radius 1 is 1.75 bits per heavy atom. The second kappa shape index (κ2) is 2.05. The van der Waals surface area contributed by atoms with Crippen molar-refractivity contribution in [3.8, 4) is 0 Å². The molecule has 0 atom stereocenters. The molecule has 2 nitrogen and oxygen atoms in total. The molecule has 1 N–H and O–H groups in total. The van der Waals surface area contributed by atoms with E-state index in [-0.39, 0.29) is 0 Å². The maximum Gasteiger partial charge on any atom is 0.0653 e. The highest BCUT2D eigenvalue weighted by Crippen LogP contribution is 1.88. The van der Waals surface area contributed by atoms with E-state index in [1.54, 1.807) is 6.20 Å². The summed E-state index contributed by atoms with van der Waals surface area (Å²) in [5, 5.41) is 6.51. The molecule has 1 heterocycles. The van der Waals surface area contributed by atoms with Crippen LogP contribution in [0.15, 0.2) is 12.3 Å². The van der Waals surface area contributed by atoms with Crippen LogP contribution in [0.4, 0.5) is 0 Å². The lowest BCUT2D eigenvalue weighted by Crippen LogP contribution is -1.81. The van der Waals surface area contributed by atoms with Gasteiger partial charge in [-0.1, -0.05) is 12.2 Å². The third-order valence-electron chi connectivity index (χ3n) is 0.791. The maximum absolute atomic E-state index is 4.82. The summed E-state index contributed by atoms with van der Waals surface area (Å²) < 4.78 is 0.779. The van der Waals surface area contributed by atoms with Crippen LogP contribution >= 0.6 is 12.2 Å². The van der Waals surface area contributed by atoms with Crippen molar-refractivity contribution >= 4 is 12.2 Å². The van der Waals surface area contributed by atoms with Gasteiger partial charge in [-0.3, -0.25) is 5.10 Å². The fraction of sp³-hybridized carbons (Fsp3) is 0.200. The van der Waals surface area contributed by atoms with E-state index >= 15 is 0 Å². The van der Waals surface area contributed by atoms with Crippen molar-refractivity contribution in [2.75, 3.05) is 0 Å². The van der Waals surface area contributed by atoms with Gasteiger partial charge in [-0.05, 0) is 13.0 Å². The Morgan fingerprint density at radius 2 is 2.50 bits per heavy atom. The van der Waals surface area contributed by atoms with Gasteiger partial charge < -0.3 is 0 Å². The van der Waals surface area contributed by atoms with Crippen molar-refractivity contribution in [2.24, 2.45) is 0 Å². The van der Waals surface area contributed by atoms with E-state index < -0.39 is 0 Å². The van der Waals surface area contributed by atoms with Crippen LogP contribution in [0.3, 0.4) is 0 Å². The van der Waals surface area contributed by atoms with Gasteiger partial charge in [0.05, 0.1) is 10.7 Å². The zero-order chi connectivity index (χ0) is 5.98. The summed E-state index contributed by atoms with van der Waals surface area (Å²) in [5.41, 5.74) is 0.998. The molecule has 1 aromatic rings. The van der Waals surface area contributed by atoms with E-state index in [0.29, 0.717) is 0 Å². The molecule has 0 fully saturated rings. The first-order valence-electron chi connectivity index (χ1n) is 2.30. The van der Waals surface area contributed by atoms with Crippen LogP contribution in [0.5, 0.6) is 0 Å². The second-order valence-electron chi connectivity index (χ2n) is 1.60. The van der Waals surface area contributed by atoms with Crippen molar-refractivity contribution in [1.82, 2.24) is 10.2 Å². The lowest BCUT2D eigenvalue weighted by atomic mass is 10.4. The lowest BCUT2D eigenvalue weighted by Gasteiger charge is -1.85. The molecule has 0 amide bonds. The summed E-state index contributed by atoms with van der Waals surface area (Å²) in [6.07, 6.45) is 1.61. The van der Waals surface area contributed by atoms with Gasteiger partial charge in [0, 0.05) is 5.69 Å². The highest BCUT2D eigenvalue weighted by atomic mass is 32.1. The molecule has 0 saturated heterocycles. The summed E-state index contributed by atoms with van der Waals surface area (Å²) >= 11 is 4.82. The summed E-state index contributed by atoms with van der Waals surface area (Å²) in [5.74, 6) is 0. The molecule has 0 saturated carbocycles. The molecule has 0 bridgehead atoms. The molecule has 42 valence electrons. The van der Waals surface area contributed by atoms with Crippen molar-refractivity contribution in [3.05, 3.63) is 22.5 Å². The van der Waals surface area contributed by atoms with Crippen molar-refractivity contribution in [1.29, 1.82) is 0 Å². The topological polar surface area (TPSA) is 28.7 Å². The third kappa shape index (κ3) is 1.13. The van der Waals surface area contributed by atoms with Gasteiger partial charge >= 0.3 is 0 Å². The normalized spacial score (nSPS) is 9.12. The van der Waals surface area contributed by atoms with E-state index in [1.165, 1.54) is 0 Å². The summed E-state index contributed by atoms with van der Waals surface area (Å²) in [6, 6.07) is 1.86. The zero-order valence-corrected chi connectivity index (χ0v) is 5.33. The van der Waals surface area contributed by atoms with Gasteiger partial charge in [-0.25, -0.2) is 0 Å². The van der Waals surface area contributed by atoms with Gasteiger partial charge in [-0.15, -0.1) is 0 Å². The number of nitrogens with zero attached hydrogens (tertiary/aromatic N) is 1. The standard InChI is InChI=1S/C5H6N2S/c1-4-2-5(8)3-6-7-4/h2-3H,1H3,(H,7,8). The van der Waals surface area contributed by atoms with Crippen LogP contribution in [-0.4, -0.2) is 10.2 Å². The molecule has 0 aliphatic carbocycles. The zero-order valence-electron chi connectivity index (χ0n) is 4.51. The molecule has 0 aromatic carbocycles. The van der Waals surface area contributed by atoms with Gasteiger partial charge in [0.15, 0.2) is 0 Å². The minimum Gasteiger partial charge on any atom is -0.283 e. The maximum atomic E-state index is 4.82. The number of aromatic amines is 1. The van der Waals surface area contributed by atoms with Gasteiger partial charge in [0.1, 0.15) is 0 Å². The van der Waals surface area contributed by atoms with Crippen LogP contribution in [0.25, 0.3) is 0 Å². The number of hydrogen-bond acceptors (Lipinski definition) is 2. The monoisotopic (exact) mass is 126 g/mol. The molecule has 0 radical (unpaired) electrons. The van der Waals surface area contributed by atoms with E-state index in [2.05, 4.69) is 10.2 Å². The molecule has 1 rings (SSSR count). The molecule has 0 aliphatic rings. The number of H-pyrrole nitrogens is 1. The van der Waals surface area contributed by atoms with E-state index in [4.69, 9.17) is 12.2 Å². The number of rotatable bonds is 0. The Hall–Kier alpha value is -0.700. The third-order valence-corrected chi connectivity index (χ3v) is 1.01. The number of aromatic nitrogens is 2. The lowest BCUT2D eigenvalue weighted by molar-refractivity contribution is 0.976. The fourth-order valence-electron chi connectivity index (χ4n) is 0.481. The van der Waals surface area contributed by atoms with Crippen LogP contribution in [-0.2, 0) is 0 Å². The highest BCUT2D eigenvalue weighted by Gasteiger charge is 1.78. The minimum absolute atomic E-state index is 0.779. The summed E-state index contributed by atoms with van der Waals surface area (Å²) in [4.78, 5) is 0. The molecular weight excluding hydrogens is 120 g/mol. The minimum atomic E-state index is 0.779. The Kier molecular flexibility index (Phi) is 1.39. The molecule has 0 aliphatic heterocycles. The van der Waals surface area contributed by atoms with Crippen LogP contribution in [0, 0.1) is 11.4 Å². The Balaban J connectivity index is 3.28. The Morgan fingerprint density at radius 3 is 2.88 bits per heavy atom. The Bertz CT molecular complexity index is 228. The molecular formula is C5H6N2S. The molecule has 0 unspecified atom stereocenters. The van der Waals surface area contributed by atoms with E-state index in [0.717, 1.165) is 10.2 Å². The first kappa shape index (κ1) is 5.44. The predicted molar refractivity (Wildman–Crippen MR) is 34.2 cm³/mol. The SMILES string of the molecule is Cc1cc(=S)cn[nH]1. The quantitative estimate of drug-likeness (QED) is 0.533. The smallest absolute Gasteiger partial charge is 0.0653 e. The predicted octanol–water partition coefficient (Wildman–Crippen LogP) is 1.45. The molecule has 8 heavy (non-hydrogen) atoms. The van der Waals surface area contributed by atoms with E-state index in [1.807, 2.05) is 13.0 Å². The Labute approximate surface area is 52.6 Å². The second-order valence-corrected chi connectivity index (χ2v) is 2.07. The first-order chi connectivity index (χ1) is 3.79. The van der Waals surface area contributed by atoms with Crippen LogP contribution in [0.2, 0.25) is 0 Å².